The molecular weight excluding hydrogens is 223 g/mol. The van der Waals surface area contributed by atoms with Crippen molar-refractivity contribution in [1.29, 1.82) is 0 Å². The highest BCUT2D eigenvalue weighted by molar-refractivity contribution is 5.77. The van der Waals surface area contributed by atoms with E-state index in [0.717, 1.165) is 18.9 Å². The molecule has 4 nitrogen and oxygen atoms in total. The minimum absolute atomic E-state index is 0.227. The van der Waals surface area contributed by atoms with Crippen LogP contribution in [0.5, 0.6) is 0 Å². The van der Waals surface area contributed by atoms with Gasteiger partial charge in [0.25, 0.3) is 5.56 Å². The first-order valence-corrected chi connectivity index (χ1v) is 5.57. The maximum absolute atomic E-state index is 13.1. The van der Waals surface area contributed by atoms with E-state index < -0.39 is 17.1 Å². The van der Waals surface area contributed by atoms with Crippen LogP contribution in [0.3, 0.4) is 0 Å². The van der Waals surface area contributed by atoms with E-state index in [9.17, 15) is 14.0 Å². The van der Waals surface area contributed by atoms with Gasteiger partial charge in [0, 0.05) is 6.54 Å². The molecule has 88 valence electrons. The van der Waals surface area contributed by atoms with Crippen LogP contribution in [0.15, 0.2) is 27.8 Å². The van der Waals surface area contributed by atoms with E-state index in [1.165, 1.54) is 16.7 Å². The molecule has 0 unspecified atom stereocenters. The minimum Gasteiger partial charge on any atom is -0.307 e. The standard InChI is InChI=1S/C12H11FN2O2/c13-8-3-4-10-9(5-8)11(16)15(12(17)14-10)6-7-1-2-7/h3-5,7H,1-2,6H2,(H,14,17). The van der Waals surface area contributed by atoms with Crippen LogP contribution >= 0.6 is 0 Å². The summed E-state index contributed by atoms with van der Waals surface area (Å²) in [5, 5.41) is 0.227. The number of H-pyrrole nitrogens is 1. The van der Waals surface area contributed by atoms with Gasteiger partial charge in [-0.1, -0.05) is 0 Å². The Morgan fingerprint density at radius 2 is 2.12 bits per heavy atom. The summed E-state index contributed by atoms with van der Waals surface area (Å²) in [5.74, 6) is -0.0561. The fraction of sp³-hybridized carbons (Fsp3) is 0.333. The number of hydrogen-bond acceptors (Lipinski definition) is 2. The molecule has 0 aliphatic heterocycles. The van der Waals surface area contributed by atoms with Crippen LogP contribution in [0.25, 0.3) is 10.9 Å². The Hall–Kier alpha value is -1.91. The molecule has 5 heteroatoms. The van der Waals surface area contributed by atoms with Crippen molar-refractivity contribution in [3.63, 3.8) is 0 Å². The number of aromatic nitrogens is 2. The Morgan fingerprint density at radius 3 is 2.82 bits per heavy atom. The normalized spacial score (nSPS) is 15.4. The third kappa shape index (κ3) is 1.77. The minimum atomic E-state index is -0.473. The first-order valence-electron chi connectivity index (χ1n) is 5.57. The van der Waals surface area contributed by atoms with Gasteiger partial charge in [-0.15, -0.1) is 0 Å². The Balaban J connectivity index is 2.28. The van der Waals surface area contributed by atoms with Crippen LogP contribution in [0.4, 0.5) is 4.39 Å². The summed E-state index contributed by atoms with van der Waals surface area (Å²) >= 11 is 0. The SMILES string of the molecule is O=c1[nH]c2ccc(F)cc2c(=O)n1CC1CC1. The summed E-state index contributed by atoms with van der Waals surface area (Å²) in [6.45, 7) is 0.431. The Labute approximate surface area is 95.7 Å². The van der Waals surface area contributed by atoms with Gasteiger partial charge < -0.3 is 4.98 Å². The summed E-state index contributed by atoms with van der Waals surface area (Å²) in [6, 6.07) is 3.80. The monoisotopic (exact) mass is 234 g/mol. The van der Waals surface area contributed by atoms with Crippen molar-refractivity contribution >= 4 is 10.9 Å². The van der Waals surface area contributed by atoms with E-state index in [2.05, 4.69) is 4.98 Å². The molecule has 0 saturated heterocycles. The summed E-state index contributed by atoms with van der Waals surface area (Å²) in [6.07, 6.45) is 2.10. The molecule has 0 bridgehead atoms. The van der Waals surface area contributed by atoms with Crippen LogP contribution in [0.1, 0.15) is 12.8 Å². The molecule has 1 N–H and O–H groups in total. The molecule has 1 fully saturated rings. The fourth-order valence-electron chi connectivity index (χ4n) is 1.95. The Bertz CT molecular complexity index is 698. The zero-order chi connectivity index (χ0) is 12.0. The van der Waals surface area contributed by atoms with E-state index in [-0.39, 0.29) is 5.39 Å². The van der Waals surface area contributed by atoms with Gasteiger partial charge in [-0.25, -0.2) is 9.18 Å². The van der Waals surface area contributed by atoms with Gasteiger partial charge in [-0.05, 0) is 37.0 Å². The quantitative estimate of drug-likeness (QED) is 0.849. The van der Waals surface area contributed by atoms with Crippen molar-refractivity contribution in [2.45, 2.75) is 19.4 Å². The molecule has 3 rings (SSSR count). The number of fused-ring (bicyclic) bond motifs is 1. The molecule has 0 radical (unpaired) electrons. The van der Waals surface area contributed by atoms with Gasteiger partial charge in [0.2, 0.25) is 0 Å². The van der Waals surface area contributed by atoms with Crippen LogP contribution in [-0.2, 0) is 6.54 Å². The summed E-state index contributed by atoms with van der Waals surface area (Å²) in [7, 11) is 0. The molecule has 1 aliphatic carbocycles. The van der Waals surface area contributed by atoms with Gasteiger partial charge in [0.05, 0.1) is 10.9 Å². The summed E-state index contributed by atoms with van der Waals surface area (Å²) < 4.78 is 14.2. The van der Waals surface area contributed by atoms with E-state index in [1.807, 2.05) is 0 Å². The first-order chi connectivity index (χ1) is 8.15. The third-order valence-electron chi connectivity index (χ3n) is 3.08. The third-order valence-corrected chi connectivity index (χ3v) is 3.08. The highest BCUT2D eigenvalue weighted by atomic mass is 19.1. The average molecular weight is 234 g/mol. The lowest BCUT2D eigenvalue weighted by Crippen LogP contribution is -2.35. The van der Waals surface area contributed by atoms with E-state index in [4.69, 9.17) is 0 Å². The van der Waals surface area contributed by atoms with Crippen molar-refractivity contribution in [1.82, 2.24) is 9.55 Å². The lowest BCUT2D eigenvalue weighted by atomic mass is 10.2. The summed E-state index contributed by atoms with van der Waals surface area (Å²) in [5.41, 5.74) is -0.440. The number of benzene rings is 1. The maximum atomic E-state index is 13.1. The van der Waals surface area contributed by atoms with Gasteiger partial charge in [-0.2, -0.15) is 0 Å². The van der Waals surface area contributed by atoms with Crippen molar-refractivity contribution in [3.05, 3.63) is 44.9 Å². The second-order valence-corrected chi connectivity index (χ2v) is 4.48. The largest absolute Gasteiger partial charge is 0.328 e. The highest BCUT2D eigenvalue weighted by Gasteiger charge is 2.23. The number of nitrogens with one attached hydrogen (secondary N) is 1. The van der Waals surface area contributed by atoms with Crippen molar-refractivity contribution in [3.8, 4) is 0 Å². The maximum Gasteiger partial charge on any atom is 0.328 e. The highest BCUT2D eigenvalue weighted by Crippen LogP contribution is 2.29. The lowest BCUT2D eigenvalue weighted by molar-refractivity contribution is 0.580. The topological polar surface area (TPSA) is 54.9 Å². The Morgan fingerprint density at radius 1 is 1.35 bits per heavy atom. The smallest absolute Gasteiger partial charge is 0.307 e. The molecule has 0 amide bonds. The molecule has 2 aromatic rings. The Kier molecular flexibility index (Phi) is 2.14. The van der Waals surface area contributed by atoms with Crippen LogP contribution in [0.2, 0.25) is 0 Å². The molecule has 1 aliphatic rings. The van der Waals surface area contributed by atoms with Crippen molar-refractivity contribution in [2.75, 3.05) is 0 Å². The van der Waals surface area contributed by atoms with Crippen LogP contribution in [0, 0.1) is 11.7 Å². The molecule has 1 heterocycles. The number of rotatable bonds is 2. The molecular formula is C12H11FN2O2. The predicted octanol–water partition coefficient (Wildman–Crippen LogP) is 1.24. The van der Waals surface area contributed by atoms with Crippen molar-refractivity contribution < 1.29 is 4.39 Å². The molecule has 1 aromatic heterocycles. The van der Waals surface area contributed by atoms with Gasteiger partial charge in [-0.3, -0.25) is 9.36 Å². The fourth-order valence-corrected chi connectivity index (χ4v) is 1.95. The van der Waals surface area contributed by atoms with Crippen molar-refractivity contribution in [2.24, 2.45) is 5.92 Å². The van der Waals surface area contributed by atoms with Gasteiger partial charge >= 0.3 is 5.69 Å². The van der Waals surface area contributed by atoms with E-state index in [0.29, 0.717) is 18.0 Å². The van der Waals surface area contributed by atoms with E-state index >= 15 is 0 Å². The molecule has 17 heavy (non-hydrogen) atoms. The second kappa shape index (κ2) is 3.55. The number of nitrogens with zero attached hydrogens (tertiary/aromatic N) is 1. The molecule has 0 atom stereocenters. The summed E-state index contributed by atoms with van der Waals surface area (Å²) in [4.78, 5) is 26.4. The van der Waals surface area contributed by atoms with Crippen LogP contribution in [-0.4, -0.2) is 9.55 Å². The molecule has 0 spiro atoms. The lowest BCUT2D eigenvalue weighted by Gasteiger charge is -2.05. The van der Waals surface area contributed by atoms with Gasteiger partial charge in [0.1, 0.15) is 5.82 Å². The van der Waals surface area contributed by atoms with E-state index in [1.54, 1.807) is 0 Å². The predicted molar refractivity (Wildman–Crippen MR) is 61.5 cm³/mol. The number of hydrogen-bond donors (Lipinski definition) is 1. The number of halogens is 1. The second-order valence-electron chi connectivity index (χ2n) is 4.48. The zero-order valence-electron chi connectivity index (χ0n) is 9.07. The number of aromatic amines is 1. The van der Waals surface area contributed by atoms with Gasteiger partial charge in [0.15, 0.2) is 0 Å². The molecule has 1 saturated carbocycles. The van der Waals surface area contributed by atoms with Crippen LogP contribution < -0.4 is 11.2 Å². The first kappa shape index (κ1) is 10.3. The average Bonchev–Trinajstić information content (AvgIpc) is 3.09. The molecule has 1 aromatic carbocycles. The zero-order valence-corrected chi connectivity index (χ0v) is 9.07.